The maximum Gasteiger partial charge on any atom is 0.253 e. The summed E-state index contributed by atoms with van der Waals surface area (Å²) in [6.45, 7) is 2.34. The van der Waals surface area contributed by atoms with Gasteiger partial charge in [0.25, 0.3) is 5.56 Å². The third-order valence-electron chi connectivity index (χ3n) is 6.53. The largest absolute Gasteiger partial charge is 0.355 e. The van der Waals surface area contributed by atoms with E-state index in [1.54, 1.807) is 17.0 Å². The number of rotatable bonds is 7. The summed E-state index contributed by atoms with van der Waals surface area (Å²) in [4.78, 5) is 31.4. The first kappa shape index (κ1) is 22.5. The van der Waals surface area contributed by atoms with Gasteiger partial charge in [0.05, 0.1) is 17.7 Å². The summed E-state index contributed by atoms with van der Waals surface area (Å²) in [7, 11) is 0. The zero-order valence-corrected chi connectivity index (χ0v) is 19.6. The monoisotopic (exact) mass is 478 g/mol. The highest BCUT2D eigenvalue weighted by Crippen LogP contribution is 2.38. The normalized spacial score (nSPS) is 16.4. The molecule has 1 aliphatic carbocycles. The van der Waals surface area contributed by atoms with Crippen LogP contribution in [0.4, 0.5) is 5.82 Å². The molecule has 2 aromatic heterocycles. The Bertz CT molecular complexity index is 1200. The number of hydrogen-bond acceptors (Lipinski definition) is 6. The van der Waals surface area contributed by atoms with Crippen molar-refractivity contribution >= 4 is 23.3 Å². The highest BCUT2D eigenvalue weighted by atomic mass is 35.5. The maximum absolute atomic E-state index is 12.6. The van der Waals surface area contributed by atoms with Gasteiger partial charge >= 0.3 is 0 Å². The smallest absolute Gasteiger partial charge is 0.253 e. The van der Waals surface area contributed by atoms with Crippen LogP contribution in [0.15, 0.2) is 53.6 Å². The zero-order valence-electron chi connectivity index (χ0n) is 18.9. The highest BCUT2D eigenvalue weighted by Gasteiger charge is 2.26. The van der Waals surface area contributed by atoms with Gasteiger partial charge in [-0.1, -0.05) is 23.7 Å². The molecule has 2 aliphatic rings. The number of halogens is 1. The predicted molar refractivity (Wildman–Crippen MR) is 131 cm³/mol. The molecule has 1 saturated heterocycles. The molecule has 1 aromatic carbocycles. The van der Waals surface area contributed by atoms with Crippen molar-refractivity contribution in [3.05, 3.63) is 69.9 Å². The van der Waals surface area contributed by atoms with Crippen molar-refractivity contribution < 1.29 is 4.79 Å². The van der Waals surface area contributed by atoms with Crippen LogP contribution in [0.2, 0.25) is 5.02 Å². The van der Waals surface area contributed by atoms with E-state index in [0.29, 0.717) is 24.0 Å². The molecule has 1 N–H and O–H groups in total. The quantitative estimate of drug-likeness (QED) is 0.560. The number of carbonyl (C=O) groups excluding carboxylic acids is 1. The standard InChI is InChI=1S/C25H27ClN6O2/c26-20-5-3-17(4-6-20)21-7-8-23(30-29-21)31-12-9-19(10-13-31)25(34)27-11-14-32-16-28-22(15-24(32)33)18-1-2-18/h3-8,15-16,18-19H,1-2,9-14H2,(H,27,34). The zero-order chi connectivity index (χ0) is 23.5. The van der Waals surface area contributed by atoms with Gasteiger partial charge < -0.3 is 10.2 Å². The first-order chi connectivity index (χ1) is 16.6. The second-order valence-electron chi connectivity index (χ2n) is 8.96. The van der Waals surface area contributed by atoms with Crippen molar-refractivity contribution in [2.45, 2.75) is 38.1 Å². The lowest BCUT2D eigenvalue weighted by molar-refractivity contribution is -0.125. The number of aromatic nitrogens is 4. The predicted octanol–water partition coefficient (Wildman–Crippen LogP) is 3.26. The van der Waals surface area contributed by atoms with Crippen LogP contribution in [0.3, 0.4) is 0 Å². The lowest BCUT2D eigenvalue weighted by atomic mass is 9.96. The van der Waals surface area contributed by atoms with Crippen LogP contribution < -0.4 is 15.8 Å². The van der Waals surface area contributed by atoms with E-state index in [9.17, 15) is 9.59 Å². The Balaban J connectivity index is 1.08. The summed E-state index contributed by atoms with van der Waals surface area (Å²) in [5.41, 5.74) is 2.60. The van der Waals surface area contributed by atoms with E-state index in [1.165, 1.54) is 0 Å². The fourth-order valence-corrected chi connectivity index (χ4v) is 4.42. The summed E-state index contributed by atoms with van der Waals surface area (Å²) in [5, 5.41) is 12.4. The van der Waals surface area contributed by atoms with Gasteiger partial charge in [-0.2, -0.15) is 0 Å². The average molecular weight is 479 g/mol. The number of nitrogens with one attached hydrogen (secondary N) is 1. The Morgan fingerprint density at radius 1 is 1.03 bits per heavy atom. The first-order valence-corrected chi connectivity index (χ1v) is 12.1. The fourth-order valence-electron chi connectivity index (χ4n) is 4.29. The minimum absolute atomic E-state index is 0.0374. The maximum atomic E-state index is 12.6. The van der Waals surface area contributed by atoms with E-state index in [1.807, 2.05) is 36.4 Å². The minimum Gasteiger partial charge on any atom is -0.355 e. The third-order valence-corrected chi connectivity index (χ3v) is 6.78. The molecule has 9 heteroatoms. The van der Waals surface area contributed by atoms with E-state index in [0.717, 1.165) is 61.5 Å². The molecule has 1 aliphatic heterocycles. The summed E-state index contributed by atoms with van der Waals surface area (Å²) in [6.07, 6.45) is 5.34. The topological polar surface area (TPSA) is 93.0 Å². The average Bonchev–Trinajstić information content (AvgIpc) is 3.71. The van der Waals surface area contributed by atoms with E-state index >= 15 is 0 Å². The van der Waals surface area contributed by atoms with Crippen LogP contribution in [-0.4, -0.2) is 45.3 Å². The fraction of sp³-hybridized carbons (Fsp3) is 0.400. The van der Waals surface area contributed by atoms with Gasteiger partial charge in [0.1, 0.15) is 0 Å². The minimum atomic E-state index is -0.0531. The summed E-state index contributed by atoms with van der Waals surface area (Å²) < 4.78 is 1.56. The molecule has 5 rings (SSSR count). The van der Waals surface area contributed by atoms with Crippen LogP contribution in [0.5, 0.6) is 0 Å². The Hall–Kier alpha value is -3.26. The molecule has 0 spiro atoms. The van der Waals surface area contributed by atoms with Gasteiger partial charge in [0, 0.05) is 54.7 Å². The molecule has 0 atom stereocenters. The third kappa shape index (κ3) is 5.28. The van der Waals surface area contributed by atoms with Gasteiger partial charge in [-0.15, -0.1) is 10.2 Å². The van der Waals surface area contributed by atoms with E-state index in [-0.39, 0.29) is 17.4 Å². The molecule has 34 heavy (non-hydrogen) atoms. The SMILES string of the molecule is O=C(NCCn1cnc(C2CC2)cc1=O)C1CCN(c2ccc(-c3ccc(Cl)cc3)nn2)CC1. The van der Waals surface area contributed by atoms with Gasteiger partial charge in [-0.25, -0.2) is 4.98 Å². The molecule has 1 saturated carbocycles. The van der Waals surface area contributed by atoms with Crippen LogP contribution in [0.25, 0.3) is 11.3 Å². The van der Waals surface area contributed by atoms with Crippen molar-refractivity contribution in [1.82, 2.24) is 25.1 Å². The Labute approximate surface area is 203 Å². The highest BCUT2D eigenvalue weighted by molar-refractivity contribution is 6.30. The number of nitrogens with zero attached hydrogens (tertiary/aromatic N) is 5. The molecule has 1 amide bonds. The molecule has 176 valence electrons. The Kier molecular flexibility index (Phi) is 6.58. The van der Waals surface area contributed by atoms with Crippen molar-refractivity contribution in [1.29, 1.82) is 0 Å². The first-order valence-electron chi connectivity index (χ1n) is 11.8. The van der Waals surface area contributed by atoms with Crippen LogP contribution >= 0.6 is 11.6 Å². The molecular weight excluding hydrogens is 452 g/mol. The lowest BCUT2D eigenvalue weighted by Crippen LogP contribution is -2.42. The van der Waals surface area contributed by atoms with Gasteiger partial charge in [-0.05, 0) is 49.9 Å². The van der Waals surface area contributed by atoms with Crippen LogP contribution in [0.1, 0.15) is 37.3 Å². The molecular formula is C25H27ClN6O2. The Morgan fingerprint density at radius 2 is 1.79 bits per heavy atom. The summed E-state index contributed by atoms with van der Waals surface area (Å²) >= 11 is 5.95. The van der Waals surface area contributed by atoms with Crippen molar-refractivity contribution in [2.24, 2.45) is 5.92 Å². The van der Waals surface area contributed by atoms with Crippen molar-refractivity contribution in [2.75, 3.05) is 24.5 Å². The Morgan fingerprint density at radius 3 is 2.44 bits per heavy atom. The van der Waals surface area contributed by atoms with E-state index < -0.39 is 0 Å². The number of hydrogen-bond donors (Lipinski definition) is 1. The van der Waals surface area contributed by atoms with Gasteiger partial charge in [0.2, 0.25) is 5.91 Å². The van der Waals surface area contributed by atoms with Crippen molar-refractivity contribution in [3.63, 3.8) is 0 Å². The van der Waals surface area contributed by atoms with Gasteiger partial charge in [-0.3, -0.25) is 14.2 Å². The van der Waals surface area contributed by atoms with Crippen LogP contribution in [-0.2, 0) is 11.3 Å². The number of anilines is 1. The van der Waals surface area contributed by atoms with Crippen molar-refractivity contribution in [3.8, 4) is 11.3 Å². The van der Waals surface area contributed by atoms with Crippen LogP contribution in [0, 0.1) is 5.92 Å². The molecule has 3 heterocycles. The number of carbonyl (C=O) groups is 1. The second-order valence-corrected chi connectivity index (χ2v) is 9.39. The molecule has 0 unspecified atom stereocenters. The molecule has 8 nitrogen and oxygen atoms in total. The molecule has 0 bridgehead atoms. The molecule has 0 radical (unpaired) electrons. The second kappa shape index (κ2) is 9.93. The molecule has 2 fully saturated rings. The number of amides is 1. The summed E-state index contributed by atoms with van der Waals surface area (Å²) in [6, 6.07) is 13.1. The summed E-state index contributed by atoms with van der Waals surface area (Å²) in [5.74, 6) is 1.28. The molecule has 3 aromatic rings. The lowest BCUT2D eigenvalue weighted by Gasteiger charge is -2.31. The van der Waals surface area contributed by atoms with E-state index in [4.69, 9.17) is 11.6 Å². The number of piperidine rings is 1. The number of benzene rings is 1. The van der Waals surface area contributed by atoms with E-state index in [2.05, 4.69) is 25.4 Å². The van der Waals surface area contributed by atoms with Gasteiger partial charge in [0.15, 0.2) is 5.82 Å².